The summed E-state index contributed by atoms with van der Waals surface area (Å²) in [5, 5.41) is 53.3. The molecular weight excluding hydrogens is 1180 g/mol. The van der Waals surface area contributed by atoms with Gasteiger partial charge in [-0.2, -0.15) is 0 Å². The zero-order chi connectivity index (χ0) is 60.7. The van der Waals surface area contributed by atoms with Gasteiger partial charge in [0.15, 0.2) is 0 Å². The number of carbonyl (C=O) groups is 2. The first-order valence-electron chi connectivity index (χ1n) is 30.9. The Bertz CT molecular complexity index is 3250. The van der Waals surface area contributed by atoms with Gasteiger partial charge in [-0.05, 0) is 221 Å². The molecule has 12 atom stereocenters. The number of carboxylic acid groups (broad SMARTS) is 2. The maximum Gasteiger partial charge on any atom is 0.335 e. The van der Waals surface area contributed by atoms with E-state index in [9.17, 15) is 46.9 Å². The molecule has 8 N–H and O–H groups in total. The lowest BCUT2D eigenvalue weighted by Gasteiger charge is -2.45. The quantitative estimate of drug-likeness (QED) is 0.0642. The molecule has 464 valence electrons. The van der Waals surface area contributed by atoms with Crippen molar-refractivity contribution in [2.45, 2.75) is 149 Å². The molecule has 20 heteroatoms. The van der Waals surface area contributed by atoms with Crippen LogP contribution in [0.1, 0.15) is 146 Å². The molecule has 4 fully saturated rings. The van der Waals surface area contributed by atoms with Crippen molar-refractivity contribution >= 4 is 66.6 Å². The maximum absolute atomic E-state index is 11.9. The fraction of sp³-hybridized carbons (Fsp3) is 0.545. The number of benzene rings is 4. The summed E-state index contributed by atoms with van der Waals surface area (Å²) in [6.45, 7) is 3.72. The average Bonchev–Trinajstić information content (AvgIpc) is 1.55. The number of carboxylic acids is 2. The summed E-state index contributed by atoms with van der Waals surface area (Å²) in [6, 6.07) is 22.4. The van der Waals surface area contributed by atoms with Crippen LogP contribution in [0.5, 0.6) is 11.5 Å². The summed E-state index contributed by atoms with van der Waals surface area (Å²) in [4.78, 5) is 28.4. The van der Waals surface area contributed by atoms with E-state index in [0.29, 0.717) is 76.6 Å². The predicted octanol–water partition coefficient (Wildman–Crippen LogP) is 10.6. The molecule has 0 amide bonds. The van der Waals surface area contributed by atoms with E-state index in [1.807, 2.05) is 36.4 Å². The van der Waals surface area contributed by atoms with Gasteiger partial charge < -0.3 is 39.7 Å². The summed E-state index contributed by atoms with van der Waals surface area (Å²) >= 11 is 12.7. The molecular formula is C66H82Cl2N4O12S2. The monoisotopic (exact) mass is 1260 g/mol. The van der Waals surface area contributed by atoms with E-state index in [0.717, 1.165) is 111 Å². The Morgan fingerprint density at radius 2 is 1.00 bits per heavy atom. The van der Waals surface area contributed by atoms with Crippen LogP contribution >= 0.6 is 23.2 Å². The van der Waals surface area contributed by atoms with Crippen LogP contribution in [0.4, 0.5) is 11.4 Å². The smallest absolute Gasteiger partial charge is 0.335 e. The Morgan fingerprint density at radius 3 is 1.37 bits per heavy atom. The van der Waals surface area contributed by atoms with Crippen LogP contribution in [0.2, 0.25) is 10.0 Å². The highest BCUT2D eigenvalue weighted by Gasteiger charge is 2.47. The minimum Gasteiger partial charge on any atom is -0.490 e. The Morgan fingerprint density at radius 1 is 0.581 bits per heavy atom. The van der Waals surface area contributed by atoms with Gasteiger partial charge >= 0.3 is 11.9 Å². The van der Waals surface area contributed by atoms with Gasteiger partial charge in [0.05, 0.1) is 58.4 Å². The Balaban J connectivity index is 0.000000179. The van der Waals surface area contributed by atoms with E-state index in [2.05, 4.69) is 34.1 Å². The summed E-state index contributed by atoms with van der Waals surface area (Å²) in [7, 11) is -7.11. The maximum atomic E-state index is 11.9. The normalized spacial score (nSPS) is 29.7. The lowest BCUT2D eigenvalue weighted by atomic mass is 9.68. The number of aromatic carboxylic acids is 2. The number of halogens is 2. The van der Waals surface area contributed by atoms with Gasteiger partial charge in [0, 0.05) is 47.1 Å². The molecule has 12 rings (SSSR count). The largest absolute Gasteiger partial charge is 0.490 e. The van der Waals surface area contributed by atoms with Crippen LogP contribution in [0.25, 0.3) is 0 Å². The number of aliphatic hydroxyl groups is 2. The highest BCUT2D eigenvalue weighted by atomic mass is 35.5. The number of fused-ring (bicyclic) bond motifs is 6. The molecule has 4 aromatic rings. The summed E-state index contributed by atoms with van der Waals surface area (Å²) in [5.74, 6) is 0.156. The number of anilines is 2. The third-order valence-corrected chi connectivity index (χ3v) is 23.9. The number of allylic oxidation sites excluding steroid dienone is 2. The average molecular weight is 1260 g/mol. The first kappa shape index (κ1) is 62.4. The van der Waals surface area contributed by atoms with Crippen LogP contribution in [-0.2, 0) is 43.7 Å². The molecule has 2 heterocycles. The molecule has 2 aliphatic heterocycles. The van der Waals surface area contributed by atoms with Crippen LogP contribution in [-0.4, -0.2) is 111 Å². The number of aliphatic hydroxyl groups excluding tert-OH is 2. The lowest BCUT2D eigenvalue weighted by Crippen LogP contribution is -2.49. The highest BCUT2D eigenvalue weighted by molar-refractivity contribution is 7.90. The molecule has 0 aromatic heterocycles. The molecule has 86 heavy (non-hydrogen) atoms. The zero-order valence-corrected chi connectivity index (χ0v) is 51.8. The second-order valence-corrected chi connectivity index (χ2v) is 30.8. The van der Waals surface area contributed by atoms with Gasteiger partial charge in [-0.1, -0.05) is 72.5 Å². The SMILES string of the molecule is NS(=O)(=O)[C@@H]1CCC[C@H](/C=C/[C@H](O)[C@@H]2CC[C@H]2CN2C[C@@]3(CCCc4cc(Cl)ccc43)COc3ccc(C(=O)O)cc32)C1.NS(=O)(=O)[C@H]1CCCC(/C=C/[C@H](O)[C@@H]2CC[C@H]2CN2C[C@@]3(CCCc4cc(Cl)ccc43)COc3ccc(C(=O)O)cc32)C1. The second kappa shape index (κ2) is 25.7. The van der Waals surface area contributed by atoms with Gasteiger partial charge in [-0.25, -0.2) is 36.7 Å². The number of rotatable bonds is 14. The van der Waals surface area contributed by atoms with Crippen molar-refractivity contribution in [3.8, 4) is 11.5 Å². The predicted molar refractivity (Wildman–Crippen MR) is 335 cm³/mol. The number of hydrogen-bond donors (Lipinski definition) is 6. The number of nitrogens with two attached hydrogens (primary N) is 2. The molecule has 0 saturated heterocycles. The van der Waals surface area contributed by atoms with Crippen molar-refractivity contribution < 1.29 is 56.3 Å². The summed E-state index contributed by atoms with van der Waals surface area (Å²) in [6.07, 6.45) is 21.7. The molecule has 0 bridgehead atoms. The van der Waals surface area contributed by atoms with Crippen molar-refractivity contribution in [3.05, 3.63) is 141 Å². The van der Waals surface area contributed by atoms with Gasteiger partial charge in [0.25, 0.3) is 0 Å². The van der Waals surface area contributed by atoms with Crippen molar-refractivity contribution in [3.63, 3.8) is 0 Å². The molecule has 8 aliphatic rings. The van der Waals surface area contributed by atoms with E-state index in [1.165, 1.54) is 22.3 Å². The summed E-state index contributed by atoms with van der Waals surface area (Å²) in [5.41, 5.74) is 6.46. The first-order chi connectivity index (χ1) is 41.0. The number of sulfonamides is 2. The van der Waals surface area contributed by atoms with Crippen molar-refractivity contribution in [1.29, 1.82) is 0 Å². The van der Waals surface area contributed by atoms with Crippen LogP contribution < -0.4 is 29.6 Å². The number of hydrogen-bond acceptors (Lipinski definition) is 12. The van der Waals surface area contributed by atoms with Crippen molar-refractivity contribution in [2.24, 2.45) is 45.8 Å². The minimum atomic E-state index is -3.56. The second-order valence-electron chi connectivity index (χ2n) is 26.2. The van der Waals surface area contributed by atoms with E-state index >= 15 is 0 Å². The third kappa shape index (κ3) is 13.7. The van der Waals surface area contributed by atoms with E-state index in [4.69, 9.17) is 43.0 Å². The molecule has 16 nitrogen and oxygen atoms in total. The molecule has 4 aromatic carbocycles. The van der Waals surface area contributed by atoms with E-state index in [-0.39, 0.29) is 57.5 Å². The zero-order valence-electron chi connectivity index (χ0n) is 48.7. The number of primary sulfonamides is 2. The Kier molecular flexibility index (Phi) is 18.7. The highest BCUT2D eigenvalue weighted by Crippen LogP contribution is 2.49. The number of nitrogens with zero attached hydrogens (tertiary/aromatic N) is 2. The lowest BCUT2D eigenvalue weighted by molar-refractivity contribution is 0.0452. The first-order valence-corrected chi connectivity index (χ1v) is 34.9. The van der Waals surface area contributed by atoms with Crippen LogP contribution in [0.15, 0.2) is 97.1 Å². The van der Waals surface area contributed by atoms with Gasteiger partial charge in [-0.3, -0.25) is 0 Å². The van der Waals surface area contributed by atoms with Gasteiger partial charge in [0.2, 0.25) is 20.0 Å². The molecule has 4 saturated carbocycles. The molecule has 6 aliphatic carbocycles. The van der Waals surface area contributed by atoms with Crippen LogP contribution in [0, 0.1) is 35.5 Å². The van der Waals surface area contributed by atoms with Crippen molar-refractivity contribution in [2.75, 3.05) is 49.2 Å². The number of aryl methyl sites for hydroxylation is 2. The Labute approximate surface area is 516 Å². The molecule has 0 radical (unpaired) electrons. The van der Waals surface area contributed by atoms with Crippen molar-refractivity contribution in [1.82, 2.24) is 0 Å². The standard InChI is InChI=1S/2C33H41ClN2O6S/c2*34-25-9-11-28-22(16-25)4-2-14-33(28)19-36(29-17-23(32(38)39)8-13-31(29)42-20-33)18-24-7-10-27(24)30(37)12-6-21-3-1-5-26(15-21)43(35,40)41/h2*6,8-9,11-13,16-17,21,24,26-27,30,37H,1-5,7,10,14-15,18-20H2,(H,38,39)(H2,35,40,41)/b2*12-6+/t21?,24-,26-,27+,30-,33-;21-,24+,26-,27-,30+,33+/m01/s1. The molecule has 2 spiro atoms. The van der Waals surface area contributed by atoms with Gasteiger partial charge in [0.1, 0.15) is 11.5 Å². The van der Waals surface area contributed by atoms with E-state index in [1.54, 1.807) is 36.4 Å². The fourth-order valence-corrected chi connectivity index (χ4v) is 18.1. The van der Waals surface area contributed by atoms with E-state index < -0.39 is 54.7 Å². The fourth-order valence-electron chi connectivity index (χ4n) is 15.7. The topological polar surface area (TPSA) is 260 Å². The third-order valence-electron chi connectivity index (χ3n) is 20.7. The van der Waals surface area contributed by atoms with Gasteiger partial charge in [-0.15, -0.1) is 0 Å². The molecule has 1 unspecified atom stereocenters. The number of ether oxygens (including phenoxy) is 2. The van der Waals surface area contributed by atoms with Crippen LogP contribution in [0.3, 0.4) is 0 Å². The Hall–Kier alpha value is -5.18. The summed E-state index contributed by atoms with van der Waals surface area (Å²) < 4.78 is 60.5. The minimum absolute atomic E-state index is 0.0672.